The van der Waals surface area contributed by atoms with Gasteiger partial charge < -0.3 is 0 Å². The van der Waals surface area contributed by atoms with Crippen molar-refractivity contribution in [1.82, 2.24) is 4.72 Å². The van der Waals surface area contributed by atoms with E-state index >= 15 is 0 Å². The molecule has 0 spiro atoms. The van der Waals surface area contributed by atoms with Gasteiger partial charge in [0.05, 0.1) is 0 Å². The Morgan fingerprint density at radius 1 is 1.53 bits per heavy atom. The Labute approximate surface area is 96.3 Å². The minimum atomic E-state index is -0.749. The first-order valence-corrected chi connectivity index (χ1v) is 5.55. The van der Waals surface area contributed by atoms with Gasteiger partial charge in [-0.1, -0.05) is 11.6 Å². The summed E-state index contributed by atoms with van der Waals surface area (Å²) in [5, 5.41) is 0.506. The molecule has 78 valence electrons. The van der Waals surface area contributed by atoms with Crippen molar-refractivity contribution < 1.29 is 9.59 Å². The summed E-state index contributed by atoms with van der Waals surface area (Å²) < 4.78 is 2.82. The van der Waals surface area contributed by atoms with Gasteiger partial charge in [-0.15, -0.1) is 0 Å². The monoisotopic (exact) mass is 241 g/mol. The van der Waals surface area contributed by atoms with Crippen LogP contribution in [0.3, 0.4) is 0 Å². The number of halogens is 1. The smallest absolute Gasteiger partial charge is 0.189 e. The van der Waals surface area contributed by atoms with Gasteiger partial charge in [0.2, 0.25) is 0 Å². The van der Waals surface area contributed by atoms with Gasteiger partial charge in [0.15, 0.2) is 11.6 Å². The van der Waals surface area contributed by atoms with Crippen molar-refractivity contribution in [2.24, 2.45) is 0 Å². The first-order valence-electron chi connectivity index (χ1n) is 4.36. The lowest BCUT2D eigenvalue weighted by molar-refractivity contribution is -0.117. The topological polar surface area (TPSA) is 46.2 Å². The molecule has 0 fully saturated rings. The fourth-order valence-electron chi connectivity index (χ4n) is 1.38. The van der Waals surface area contributed by atoms with Gasteiger partial charge in [0.1, 0.15) is 6.04 Å². The normalized spacial score (nSPS) is 19.9. The molecule has 3 nitrogen and oxygen atoms in total. The molecule has 0 radical (unpaired) electrons. The number of carbonyl (C=O) groups excluding carboxylic acids is 2. The highest BCUT2D eigenvalue weighted by atomic mass is 35.5. The molecule has 1 atom stereocenters. The van der Waals surface area contributed by atoms with E-state index in [1.165, 1.54) is 18.9 Å². The average Bonchev–Trinajstić information content (AvgIpc) is 2.19. The third-order valence-corrected chi connectivity index (χ3v) is 3.33. The minimum Gasteiger partial charge on any atom is -0.298 e. The third-order valence-electron chi connectivity index (χ3n) is 2.16. The number of fused-ring (bicyclic) bond motifs is 1. The Balaban J connectivity index is 2.45. The van der Waals surface area contributed by atoms with Gasteiger partial charge in [-0.2, -0.15) is 0 Å². The highest BCUT2D eigenvalue weighted by molar-refractivity contribution is 7.97. The summed E-state index contributed by atoms with van der Waals surface area (Å²) >= 11 is 7.09. The molecular weight excluding hydrogens is 234 g/mol. The van der Waals surface area contributed by atoms with Crippen LogP contribution in [0.25, 0.3) is 0 Å². The lowest BCUT2D eigenvalue weighted by Crippen LogP contribution is -2.41. The second-order valence-electron chi connectivity index (χ2n) is 3.27. The molecule has 1 N–H and O–H groups in total. The van der Waals surface area contributed by atoms with E-state index in [9.17, 15) is 9.59 Å². The molecule has 0 amide bonds. The molecule has 1 unspecified atom stereocenters. The molecule has 5 heteroatoms. The van der Waals surface area contributed by atoms with Crippen molar-refractivity contribution >= 4 is 35.1 Å². The van der Waals surface area contributed by atoms with E-state index in [1.807, 2.05) is 0 Å². The maximum absolute atomic E-state index is 11.9. The maximum atomic E-state index is 11.9. The highest BCUT2D eigenvalue weighted by Gasteiger charge is 2.30. The Morgan fingerprint density at radius 2 is 2.27 bits per heavy atom. The molecule has 0 saturated heterocycles. The van der Waals surface area contributed by atoms with E-state index in [0.29, 0.717) is 10.6 Å². The Morgan fingerprint density at radius 3 is 2.93 bits per heavy atom. The lowest BCUT2D eigenvalue weighted by Gasteiger charge is -2.21. The zero-order chi connectivity index (χ0) is 11.0. The summed E-state index contributed by atoms with van der Waals surface area (Å²) in [5.74, 6) is -0.392. The summed E-state index contributed by atoms with van der Waals surface area (Å²) in [6.45, 7) is 1.39. The van der Waals surface area contributed by atoms with E-state index in [1.54, 1.807) is 18.2 Å². The molecule has 1 aromatic carbocycles. The molecule has 0 bridgehead atoms. The van der Waals surface area contributed by atoms with Crippen LogP contribution < -0.4 is 4.72 Å². The minimum absolute atomic E-state index is 0.182. The summed E-state index contributed by atoms with van der Waals surface area (Å²) in [5.41, 5.74) is 0.520. The van der Waals surface area contributed by atoms with Crippen molar-refractivity contribution in [2.45, 2.75) is 17.9 Å². The molecule has 1 heterocycles. The number of carbonyl (C=O) groups is 2. The van der Waals surface area contributed by atoms with Crippen molar-refractivity contribution in [3.05, 3.63) is 28.8 Å². The molecule has 0 saturated carbocycles. The van der Waals surface area contributed by atoms with E-state index in [0.717, 1.165) is 4.90 Å². The van der Waals surface area contributed by atoms with E-state index in [2.05, 4.69) is 4.72 Å². The Kier molecular flexibility index (Phi) is 2.82. The van der Waals surface area contributed by atoms with Crippen molar-refractivity contribution in [3.8, 4) is 0 Å². The predicted octanol–water partition coefficient (Wildman–Crippen LogP) is 2.09. The zero-order valence-corrected chi connectivity index (χ0v) is 9.48. The largest absolute Gasteiger partial charge is 0.298 e. The molecule has 2 rings (SSSR count). The first-order chi connectivity index (χ1) is 7.09. The summed E-state index contributed by atoms with van der Waals surface area (Å²) in [6, 6.07) is 4.34. The molecule has 1 aliphatic rings. The predicted molar refractivity (Wildman–Crippen MR) is 59.2 cm³/mol. The molecule has 0 aromatic heterocycles. The van der Waals surface area contributed by atoms with Crippen LogP contribution in [0.4, 0.5) is 0 Å². The fourth-order valence-corrected chi connectivity index (χ4v) is 2.48. The van der Waals surface area contributed by atoms with E-state index < -0.39 is 6.04 Å². The number of rotatable bonds is 1. The van der Waals surface area contributed by atoms with Crippen LogP contribution in [-0.2, 0) is 4.79 Å². The number of benzene rings is 1. The second kappa shape index (κ2) is 3.96. The van der Waals surface area contributed by atoms with Crippen LogP contribution in [-0.4, -0.2) is 17.6 Å². The lowest BCUT2D eigenvalue weighted by atomic mass is 10.0. The van der Waals surface area contributed by atoms with Crippen molar-refractivity contribution in [3.63, 3.8) is 0 Å². The SMILES string of the molecule is CC(=O)C1NSc2ccc(Cl)cc2C1=O. The standard InChI is InChI=1S/C10H8ClNO2S/c1-5(13)9-10(14)7-4-6(11)2-3-8(7)15-12-9/h2-4,9,12H,1H3. The molecule has 1 aliphatic heterocycles. The first kappa shape index (κ1) is 10.7. The number of nitrogens with one attached hydrogen (secondary N) is 1. The van der Waals surface area contributed by atoms with Crippen LogP contribution >= 0.6 is 23.5 Å². The third kappa shape index (κ3) is 1.93. The van der Waals surface area contributed by atoms with Gasteiger partial charge in [-0.3, -0.25) is 9.59 Å². The second-order valence-corrected chi connectivity index (χ2v) is 4.58. The molecular formula is C10H8ClNO2S. The molecule has 15 heavy (non-hydrogen) atoms. The van der Waals surface area contributed by atoms with Crippen LogP contribution in [0.2, 0.25) is 5.02 Å². The zero-order valence-electron chi connectivity index (χ0n) is 7.91. The van der Waals surface area contributed by atoms with Gasteiger partial charge in [-0.25, -0.2) is 4.72 Å². The number of Topliss-reactive ketones (excluding diaryl/α,β-unsaturated/α-hetero) is 2. The van der Waals surface area contributed by atoms with Crippen LogP contribution in [0.15, 0.2) is 23.1 Å². The van der Waals surface area contributed by atoms with Gasteiger partial charge in [-0.05, 0) is 37.1 Å². The van der Waals surface area contributed by atoms with Gasteiger partial charge >= 0.3 is 0 Å². The highest BCUT2D eigenvalue weighted by Crippen LogP contribution is 2.29. The van der Waals surface area contributed by atoms with Crippen molar-refractivity contribution in [1.29, 1.82) is 0 Å². The van der Waals surface area contributed by atoms with E-state index in [-0.39, 0.29) is 11.6 Å². The number of hydrogen-bond acceptors (Lipinski definition) is 4. The van der Waals surface area contributed by atoms with Gasteiger partial charge in [0, 0.05) is 15.5 Å². The van der Waals surface area contributed by atoms with Crippen LogP contribution in [0.1, 0.15) is 17.3 Å². The van der Waals surface area contributed by atoms with E-state index in [4.69, 9.17) is 11.6 Å². The van der Waals surface area contributed by atoms with Gasteiger partial charge in [0.25, 0.3) is 0 Å². The Hall–Kier alpha value is -0.840. The summed E-state index contributed by atoms with van der Waals surface area (Å²) in [4.78, 5) is 23.8. The van der Waals surface area contributed by atoms with Crippen LogP contribution in [0, 0.1) is 0 Å². The fraction of sp³-hybridized carbons (Fsp3) is 0.200. The van der Waals surface area contributed by atoms with Crippen molar-refractivity contribution in [2.75, 3.05) is 0 Å². The molecule has 1 aromatic rings. The average molecular weight is 242 g/mol. The maximum Gasteiger partial charge on any atom is 0.189 e. The quantitative estimate of drug-likeness (QED) is 0.604. The summed E-state index contributed by atoms with van der Waals surface area (Å²) in [6.07, 6.45) is 0. The van der Waals surface area contributed by atoms with Crippen LogP contribution in [0.5, 0.6) is 0 Å². The summed E-state index contributed by atoms with van der Waals surface area (Å²) in [7, 11) is 0. The number of hydrogen-bond donors (Lipinski definition) is 1. The number of ketones is 2. The Bertz CT molecular complexity index is 447. The molecule has 0 aliphatic carbocycles.